The molecule has 0 aromatic heterocycles. The molecule has 0 fully saturated rings. The predicted molar refractivity (Wildman–Crippen MR) is 113 cm³/mol. The highest BCUT2D eigenvalue weighted by Gasteiger charge is 2.08. The molecular formula is C24H25NO4. The maximum absolute atomic E-state index is 12.4. The summed E-state index contributed by atoms with van der Waals surface area (Å²) in [5.74, 6) is 2.21. The van der Waals surface area contributed by atoms with E-state index in [-0.39, 0.29) is 5.91 Å². The topological polar surface area (TPSA) is 56.8 Å². The van der Waals surface area contributed by atoms with Gasteiger partial charge in [-0.05, 0) is 47.9 Å². The Balaban J connectivity index is 1.49. The summed E-state index contributed by atoms with van der Waals surface area (Å²) in [6.07, 6.45) is 0.669. The van der Waals surface area contributed by atoms with E-state index in [9.17, 15) is 4.79 Å². The fourth-order valence-corrected chi connectivity index (χ4v) is 2.91. The highest BCUT2D eigenvalue weighted by molar-refractivity contribution is 5.94. The van der Waals surface area contributed by atoms with Gasteiger partial charge in [-0.15, -0.1) is 0 Å². The first kappa shape index (κ1) is 20.3. The standard InChI is InChI=1S/C24H25NO4/c1-27-22-13-12-19(23(16-22)28-2)14-15-25-24(26)20-10-8-18(9-11-20)17-29-21-6-4-3-5-7-21/h3-13,16H,14-15,17H2,1-2H3,(H,25,26). The zero-order valence-corrected chi connectivity index (χ0v) is 16.7. The van der Waals surface area contributed by atoms with Crippen molar-refractivity contribution < 1.29 is 19.0 Å². The van der Waals surface area contributed by atoms with E-state index in [0.717, 1.165) is 28.4 Å². The maximum Gasteiger partial charge on any atom is 0.251 e. The molecule has 0 bridgehead atoms. The summed E-state index contributed by atoms with van der Waals surface area (Å²) in [7, 11) is 3.24. The number of nitrogens with one attached hydrogen (secondary N) is 1. The normalized spacial score (nSPS) is 10.3. The molecule has 29 heavy (non-hydrogen) atoms. The van der Waals surface area contributed by atoms with E-state index in [4.69, 9.17) is 14.2 Å². The number of methoxy groups -OCH3 is 2. The Morgan fingerprint density at radius 3 is 2.31 bits per heavy atom. The van der Waals surface area contributed by atoms with Gasteiger partial charge < -0.3 is 19.5 Å². The lowest BCUT2D eigenvalue weighted by Crippen LogP contribution is -2.25. The third kappa shape index (κ3) is 5.75. The van der Waals surface area contributed by atoms with Crippen LogP contribution in [-0.2, 0) is 13.0 Å². The molecule has 0 atom stereocenters. The first-order valence-electron chi connectivity index (χ1n) is 9.45. The molecule has 150 valence electrons. The summed E-state index contributed by atoms with van der Waals surface area (Å²) in [5, 5.41) is 2.95. The Morgan fingerprint density at radius 1 is 0.862 bits per heavy atom. The Morgan fingerprint density at radius 2 is 1.62 bits per heavy atom. The monoisotopic (exact) mass is 391 g/mol. The zero-order valence-electron chi connectivity index (χ0n) is 16.7. The second kappa shape index (κ2) is 10.2. The molecule has 0 unspecified atom stereocenters. The molecule has 3 aromatic rings. The van der Waals surface area contributed by atoms with E-state index in [1.54, 1.807) is 14.2 Å². The largest absolute Gasteiger partial charge is 0.497 e. The number of hydrogen-bond acceptors (Lipinski definition) is 4. The molecule has 1 N–H and O–H groups in total. The minimum absolute atomic E-state index is 0.104. The number of benzene rings is 3. The van der Waals surface area contributed by atoms with Crippen LogP contribution in [0.1, 0.15) is 21.5 Å². The molecule has 0 aliphatic carbocycles. The molecule has 5 heteroatoms. The van der Waals surface area contributed by atoms with Crippen LogP contribution in [0, 0.1) is 0 Å². The number of hydrogen-bond donors (Lipinski definition) is 1. The van der Waals surface area contributed by atoms with Gasteiger partial charge in [0.25, 0.3) is 5.91 Å². The van der Waals surface area contributed by atoms with Crippen LogP contribution in [-0.4, -0.2) is 26.7 Å². The second-order valence-electron chi connectivity index (χ2n) is 6.48. The Bertz CT molecular complexity index is 923. The van der Waals surface area contributed by atoms with E-state index in [1.807, 2.05) is 72.8 Å². The molecule has 0 aliphatic rings. The third-order valence-electron chi connectivity index (χ3n) is 4.54. The molecule has 0 radical (unpaired) electrons. The molecule has 3 aromatic carbocycles. The van der Waals surface area contributed by atoms with Crippen molar-refractivity contribution in [1.82, 2.24) is 5.32 Å². The maximum atomic E-state index is 12.4. The molecule has 0 heterocycles. The second-order valence-corrected chi connectivity index (χ2v) is 6.48. The summed E-state index contributed by atoms with van der Waals surface area (Å²) < 4.78 is 16.3. The lowest BCUT2D eigenvalue weighted by molar-refractivity contribution is 0.0954. The van der Waals surface area contributed by atoms with Gasteiger partial charge >= 0.3 is 0 Å². The predicted octanol–water partition coefficient (Wildman–Crippen LogP) is 4.26. The van der Waals surface area contributed by atoms with Crippen LogP contribution in [0.2, 0.25) is 0 Å². The van der Waals surface area contributed by atoms with Gasteiger partial charge in [0.15, 0.2) is 0 Å². The van der Waals surface area contributed by atoms with Crippen LogP contribution in [0.15, 0.2) is 72.8 Å². The van der Waals surface area contributed by atoms with Crippen LogP contribution >= 0.6 is 0 Å². The van der Waals surface area contributed by atoms with Crippen molar-refractivity contribution in [2.24, 2.45) is 0 Å². The molecule has 3 rings (SSSR count). The number of carbonyl (C=O) groups is 1. The SMILES string of the molecule is COc1ccc(CCNC(=O)c2ccc(COc3ccccc3)cc2)c(OC)c1. The van der Waals surface area contributed by atoms with Gasteiger partial charge in [0.1, 0.15) is 23.9 Å². The third-order valence-corrected chi connectivity index (χ3v) is 4.54. The van der Waals surface area contributed by atoms with E-state index >= 15 is 0 Å². The number of carbonyl (C=O) groups excluding carboxylic acids is 1. The van der Waals surface area contributed by atoms with Crippen molar-refractivity contribution in [2.45, 2.75) is 13.0 Å². The van der Waals surface area contributed by atoms with E-state index in [1.165, 1.54) is 0 Å². The van der Waals surface area contributed by atoms with Crippen LogP contribution in [0.4, 0.5) is 0 Å². The smallest absolute Gasteiger partial charge is 0.251 e. The average molecular weight is 391 g/mol. The molecule has 0 aliphatic heterocycles. The molecule has 0 saturated carbocycles. The van der Waals surface area contributed by atoms with Gasteiger partial charge in [-0.2, -0.15) is 0 Å². The molecule has 1 amide bonds. The Hall–Kier alpha value is -3.47. The quantitative estimate of drug-likeness (QED) is 0.592. The highest BCUT2D eigenvalue weighted by atomic mass is 16.5. The average Bonchev–Trinajstić information content (AvgIpc) is 2.78. The fraction of sp³-hybridized carbons (Fsp3) is 0.208. The van der Waals surface area contributed by atoms with Gasteiger partial charge in [0.05, 0.1) is 14.2 Å². The summed E-state index contributed by atoms with van der Waals surface area (Å²) >= 11 is 0. The Kier molecular flexibility index (Phi) is 7.11. The van der Waals surface area contributed by atoms with Crippen LogP contribution in [0.25, 0.3) is 0 Å². The van der Waals surface area contributed by atoms with Gasteiger partial charge in [0.2, 0.25) is 0 Å². The lowest BCUT2D eigenvalue weighted by atomic mass is 10.1. The first-order chi connectivity index (χ1) is 14.2. The van der Waals surface area contributed by atoms with Crippen molar-refractivity contribution in [3.63, 3.8) is 0 Å². The summed E-state index contributed by atoms with van der Waals surface area (Å²) in [6.45, 7) is 0.976. The summed E-state index contributed by atoms with van der Waals surface area (Å²) in [4.78, 5) is 12.4. The minimum Gasteiger partial charge on any atom is -0.497 e. The first-order valence-corrected chi connectivity index (χ1v) is 9.45. The Labute approximate surface area is 171 Å². The van der Waals surface area contributed by atoms with Crippen molar-refractivity contribution in [3.05, 3.63) is 89.5 Å². The van der Waals surface area contributed by atoms with Gasteiger partial charge in [-0.1, -0.05) is 36.4 Å². The molecule has 0 spiro atoms. The summed E-state index contributed by atoms with van der Waals surface area (Å²) in [5.41, 5.74) is 2.64. The minimum atomic E-state index is -0.104. The van der Waals surface area contributed by atoms with Crippen molar-refractivity contribution in [1.29, 1.82) is 0 Å². The lowest BCUT2D eigenvalue weighted by Gasteiger charge is -2.11. The highest BCUT2D eigenvalue weighted by Crippen LogP contribution is 2.24. The fourth-order valence-electron chi connectivity index (χ4n) is 2.91. The summed E-state index contributed by atoms with van der Waals surface area (Å²) in [6, 6.07) is 22.8. The van der Waals surface area contributed by atoms with Crippen molar-refractivity contribution in [2.75, 3.05) is 20.8 Å². The molecule has 5 nitrogen and oxygen atoms in total. The zero-order chi connectivity index (χ0) is 20.5. The van der Waals surface area contributed by atoms with Crippen LogP contribution in [0.5, 0.6) is 17.2 Å². The van der Waals surface area contributed by atoms with Crippen molar-refractivity contribution in [3.8, 4) is 17.2 Å². The molecular weight excluding hydrogens is 366 g/mol. The van der Waals surface area contributed by atoms with Crippen LogP contribution < -0.4 is 19.5 Å². The number of para-hydroxylation sites is 1. The number of ether oxygens (including phenoxy) is 3. The van der Waals surface area contributed by atoms with E-state index in [0.29, 0.717) is 25.1 Å². The van der Waals surface area contributed by atoms with E-state index < -0.39 is 0 Å². The van der Waals surface area contributed by atoms with Gasteiger partial charge in [0, 0.05) is 18.2 Å². The number of rotatable bonds is 9. The van der Waals surface area contributed by atoms with Crippen LogP contribution in [0.3, 0.4) is 0 Å². The van der Waals surface area contributed by atoms with E-state index in [2.05, 4.69) is 5.32 Å². The van der Waals surface area contributed by atoms with Gasteiger partial charge in [-0.25, -0.2) is 0 Å². The number of amides is 1. The van der Waals surface area contributed by atoms with Gasteiger partial charge in [-0.3, -0.25) is 4.79 Å². The van der Waals surface area contributed by atoms with Crippen molar-refractivity contribution >= 4 is 5.91 Å². The molecule has 0 saturated heterocycles.